The van der Waals surface area contributed by atoms with Crippen LogP contribution in [-0.4, -0.2) is 34.9 Å². The van der Waals surface area contributed by atoms with Crippen LogP contribution >= 0.6 is 0 Å². The highest BCUT2D eigenvalue weighted by Gasteiger charge is 2.17. The highest BCUT2D eigenvalue weighted by atomic mass is 16.3. The Labute approximate surface area is 349 Å². The van der Waals surface area contributed by atoms with Crippen molar-refractivity contribution in [2.75, 3.05) is 6.61 Å². The van der Waals surface area contributed by atoms with E-state index in [-0.39, 0.29) is 12.5 Å². The van der Waals surface area contributed by atoms with Gasteiger partial charge in [-0.15, -0.1) is 0 Å². The molecule has 1 amide bonds. The van der Waals surface area contributed by atoms with E-state index in [2.05, 4.69) is 67.8 Å². The summed E-state index contributed by atoms with van der Waals surface area (Å²) < 4.78 is 0. The largest absolute Gasteiger partial charge is 0.394 e. The van der Waals surface area contributed by atoms with Crippen molar-refractivity contribution < 1.29 is 15.0 Å². The van der Waals surface area contributed by atoms with Gasteiger partial charge < -0.3 is 15.5 Å². The predicted molar refractivity (Wildman–Crippen MR) is 248 cm³/mol. The molecule has 0 aromatic rings. The molecule has 4 nitrogen and oxygen atoms in total. The first kappa shape index (κ1) is 54.1. The van der Waals surface area contributed by atoms with Crippen LogP contribution in [0.4, 0.5) is 0 Å². The molecule has 0 rings (SSSR count). The van der Waals surface area contributed by atoms with Crippen LogP contribution in [0, 0.1) is 0 Å². The second-order valence-electron chi connectivity index (χ2n) is 16.5. The minimum atomic E-state index is -0.872. The molecule has 4 heteroatoms. The van der Waals surface area contributed by atoms with E-state index in [1.165, 1.54) is 180 Å². The minimum absolute atomic E-state index is 0.0791. The number of unbranched alkanes of at least 4 members (excludes halogenated alkanes) is 29. The van der Waals surface area contributed by atoms with Crippen LogP contribution in [0.15, 0.2) is 60.8 Å². The van der Waals surface area contributed by atoms with Crippen molar-refractivity contribution in [2.24, 2.45) is 0 Å². The zero-order chi connectivity index (χ0) is 40.7. The molecular weight excluding hydrogens is 687 g/mol. The molecule has 0 bridgehead atoms. The summed E-state index contributed by atoms with van der Waals surface area (Å²) in [4.78, 5) is 12.4. The Morgan fingerprint density at radius 1 is 0.429 bits per heavy atom. The van der Waals surface area contributed by atoms with Crippen molar-refractivity contribution in [1.29, 1.82) is 0 Å². The standard InChI is InChI=1S/C52H95NO3/c1-3-5-7-9-11-13-15-17-19-21-23-24-25-26-27-28-30-32-34-36-38-40-42-44-46-48-52(56)53-50(49-54)51(55)47-45-43-41-39-37-35-33-31-29-22-20-18-16-14-12-10-8-6-4-2/h15,17,21,23,29,31,37,39,45,47,50-51,54-55H,3-14,16,18-20,22,24-28,30,32-36,38,40-44,46,48-49H2,1-2H3,(H,53,56)/b17-15-,23-21-,31-29+,39-37+,47-45+. The van der Waals surface area contributed by atoms with E-state index in [4.69, 9.17) is 0 Å². The molecule has 3 N–H and O–H groups in total. The third-order valence-electron chi connectivity index (χ3n) is 11.0. The smallest absolute Gasteiger partial charge is 0.220 e. The zero-order valence-electron chi connectivity index (χ0n) is 37.4. The van der Waals surface area contributed by atoms with Crippen LogP contribution in [0.2, 0.25) is 0 Å². The van der Waals surface area contributed by atoms with Gasteiger partial charge in [0.15, 0.2) is 0 Å². The van der Waals surface area contributed by atoms with E-state index in [1.54, 1.807) is 6.08 Å². The highest BCUT2D eigenvalue weighted by Crippen LogP contribution is 2.15. The summed E-state index contributed by atoms with van der Waals surface area (Å²) in [6.07, 6.45) is 66.3. The normalized spacial score (nSPS) is 13.4. The molecule has 0 spiro atoms. The summed E-state index contributed by atoms with van der Waals surface area (Å²) in [5.41, 5.74) is 0. The quantitative estimate of drug-likeness (QED) is 0.0426. The number of amides is 1. The summed E-state index contributed by atoms with van der Waals surface area (Å²) in [5.74, 6) is -0.0791. The number of aliphatic hydroxyl groups is 2. The SMILES string of the molecule is CCCCCCC/C=C\C/C=C\CCCCCCCCCCCCCCCC(=O)NC(CO)C(O)/C=C/CC/C=C/CC/C=C/CCCCCCCCCCC. The molecule has 0 aliphatic rings. The van der Waals surface area contributed by atoms with Gasteiger partial charge in [0.2, 0.25) is 5.91 Å². The Kier molecular flexibility index (Phi) is 45.8. The van der Waals surface area contributed by atoms with Crippen molar-refractivity contribution in [2.45, 2.75) is 257 Å². The summed E-state index contributed by atoms with van der Waals surface area (Å²) in [6.45, 7) is 4.29. The van der Waals surface area contributed by atoms with Gasteiger partial charge in [0.1, 0.15) is 0 Å². The Morgan fingerprint density at radius 3 is 1.14 bits per heavy atom. The van der Waals surface area contributed by atoms with Gasteiger partial charge in [0.25, 0.3) is 0 Å². The molecule has 0 aromatic heterocycles. The molecule has 0 radical (unpaired) electrons. The van der Waals surface area contributed by atoms with Crippen molar-refractivity contribution in [3.05, 3.63) is 60.8 Å². The first-order valence-electron chi connectivity index (χ1n) is 24.5. The number of rotatable bonds is 44. The number of carbonyl (C=O) groups excluding carboxylic acids is 1. The van der Waals surface area contributed by atoms with E-state index < -0.39 is 12.1 Å². The first-order chi connectivity index (χ1) is 27.7. The monoisotopic (exact) mass is 782 g/mol. The van der Waals surface area contributed by atoms with Crippen molar-refractivity contribution in [3.8, 4) is 0 Å². The number of nitrogens with one attached hydrogen (secondary N) is 1. The van der Waals surface area contributed by atoms with Crippen LogP contribution in [-0.2, 0) is 4.79 Å². The molecule has 0 saturated heterocycles. The van der Waals surface area contributed by atoms with Gasteiger partial charge in [-0.2, -0.15) is 0 Å². The van der Waals surface area contributed by atoms with E-state index >= 15 is 0 Å². The van der Waals surface area contributed by atoms with E-state index in [1.807, 2.05) is 6.08 Å². The lowest BCUT2D eigenvalue weighted by atomic mass is 10.0. The van der Waals surface area contributed by atoms with Crippen molar-refractivity contribution in [1.82, 2.24) is 5.32 Å². The summed E-state index contributed by atoms with van der Waals surface area (Å²) in [6, 6.07) is -0.647. The Bertz CT molecular complexity index is 934. The van der Waals surface area contributed by atoms with Gasteiger partial charge in [0, 0.05) is 6.42 Å². The van der Waals surface area contributed by atoms with Gasteiger partial charge in [-0.25, -0.2) is 0 Å². The van der Waals surface area contributed by atoms with Gasteiger partial charge >= 0.3 is 0 Å². The topological polar surface area (TPSA) is 69.6 Å². The summed E-state index contributed by atoms with van der Waals surface area (Å²) in [7, 11) is 0. The molecule has 2 unspecified atom stereocenters. The van der Waals surface area contributed by atoms with Crippen LogP contribution < -0.4 is 5.32 Å². The maximum Gasteiger partial charge on any atom is 0.220 e. The van der Waals surface area contributed by atoms with E-state index in [9.17, 15) is 15.0 Å². The van der Waals surface area contributed by atoms with Gasteiger partial charge in [-0.05, 0) is 77.0 Å². The maximum absolute atomic E-state index is 12.4. The second-order valence-corrected chi connectivity index (χ2v) is 16.5. The molecule has 2 atom stereocenters. The Hall–Kier alpha value is -1.91. The van der Waals surface area contributed by atoms with Crippen LogP contribution in [0.3, 0.4) is 0 Å². The molecule has 0 fully saturated rings. The Balaban J connectivity index is 3.60. The lowest BCUT2D eigenvalue weighted by molar-refractivity contribution is -0.123. The van der Waals surface area contributed by atoms with Crippen LogP contribution in [0.1, 0.15) is 245 Å². The van der Waals surface area contributed by atoms with Crippen LogP contribution in [0.25, 0.3) is 0 Å². The van der Waals surface area contributed by atoms with Gasteiger partial charge in [-0.3, -0.25) is 4.79 Å². The predicted octanol–water partition coefficient (Wildman–Crippen LogP) is 15.7. The average molecular weight is 782 g/mol. The zero-order valence-corrected chi connectivity index (χ0v) is 37.4. The van der Waals surface area contributed by atoms with Crippen LogP contribution in [0.5, 0.6) is 0 Å². The molecular formula is C52H95NO3. The molecule has 56 heavy (non-hydrogen) atoms. The fourth-order valence-corrected chi connectivity index (χ4v) is 7.18. The number of hydrogen-bond donors (Lipinski definition) is 3. The molecule has 0 aromatic carbocycles. The molecule has 0 saturated carbocycles. The fraction of sp³-hybridized carbons (Fsp3) is 0.788. The molecule has 0 heterocycles. The average Bonchev–Trinajstić information content (AvgIpc) is 3.20. The second kappa shape index (κ2) is 47.5. The molecule has 0 aliphatic heterocycles. The third-order valence-corrected chi connectivity index (χ3v) is 11.0. The fourth-order valence-electron chi connectivity index (χ4n) is 7.18. The van der Waals surface area contributed by atoms with Gasteiger partial charge in [0.05, 0.1) is 18.8 Å². The first-order valence-corrected chi connectivity index (χ1v) is 24.5. The lowest BCUT2D eigenvalue weighted by Gasteiger charge is -2.19. The number of hydrogen-bond acceptors (Lipinski definition) is 3. The maximum atomic E-state index is 12.4. The number of carbonyl (C=O) groups is 1. The summed E-state index contributed by atoms with van der Waals surface area (Å²) >= 11 is 0. The van der Waals surface area contributed by atoms with Crippen molar-refractivity contribution >= 4 is 5.91 Å². The number of aliphatic hydroxyl groups excluding tert-OH is 2. The molecule has 326 valence electrons. The number of allylic oxidation sites excluding steroid dienone is 9. The summed E-state index contributed by atoms with van der Waals surface area (Å²) in [5, 5.41) is 23.0. The molecule has 0 aliphatic carbocycles. The van der Waals surface area contributed by atoms with E-state index in [0.29, 0.717) is 6.42 Å². The highest BCUT2D eigenvalue weighted by molar-refractivity contribution is 5.76. The lowest BCUT2D eigenvalue weighted by Crippen LogP contribution is -2.45. The minimum Gasteiger partial charge on any atom is -0.394 e. The Morgan fingerprint density at radius 2 is 0.750 bits per heavy atom. The van der Waals surface area contributed by atoms with Gasteiger partial charge in [-0.1, -0.05) is 222 Å². The third kappa shape index (κ3) is 43.2. The van der Waals surface area contributed by atoms with E-state index in [0.717, 1.165) is 44.9 Å². The van der Waals surface area contributed by atoms with Crippen molar-refractivity contribution in [3.63, 3.8) is 0 Å².